The fraction of sp³-hybridized carbons (Fsp3) is 0.222. The minimum Gasteiger partial charge on any atom is -0.491 e. The lowest BCUT2D eigenvalue weighted by molar-refractivity contribution is 0.0846. The van der Waals surface area contributed by atoms with E-state index >= 15 is 0 Å². The van der Waals surface area contributed by atoms with Gasteiger partial charge in [-0.1, -0.05) is 29.3 Å². The number of hydrazine groups is 1. The van der Waals surface area contributed by atoms with E-state index in [0.29, 0.717) is 36.2 Å². The average molecular weight is 397 g/mol. The van der Waals surface area contributed by atoms with Crippen LogP contribution in [0.2, 0.25) is 10.0 Å². The molecule has 2 aromatic carbocycles. The summed E-state index contributed by atoms with van der Waals surface area (Å²) in [6.45, 7) is 3.36. The minimum atomic E-state index is -0.552. The summed E-state index contributed by atoms with van der Waals surface area (Å²) in [5.74, 6) is -0.507. The molecule has 2 aromatic rings. The van der Waals surface area contributed by atoms with Crippen molar-refractivity contribution in [2.75, 3.05) is 19.8 Å². The molecule has 6 nitrogen and oxygen atoms in total. The largest absolute Gasteiger partial charge is 0.491 e. The maximum absolute atomic E-state index is 12.2. The molecule has 0 aliphatic carbocycles. The molecule has 0 saturated carbocycles. The minimum absolute atomic E-state index is 0.189. The average Bonchev–Trinajstić information content (AvgIpc) is 2.63. The van der Waals surface area contributed by atoms with E-state index in [-0.39, 0.29) is 10.6 Å². The van der Waals surface area contributed by atoms with Crippen molar-refractivity contribution < 1.29 is 19.1 Å². The zero-order valence-corrected chi connectivity index (χ0v) is 15.6. The molecule has 0 unspecified atom stereocenters. The van der Waals surface area contributed by atoms with Gasteiger partial charge in [0.25, 0.3) is 11.8 Å². The van der Waals surface area contributed by atoms with Gasteiger partial charge in [-0.25, -0.2) is 0 Å². The van der Waals surface area contributed by atoms with E-state index in [0.717, 1.165) is 0 Å². The van der Waals surface area contributed by atoms with Crippen molar-refractivity contribution in [2.24, 2.45) is 0 Å². The Morgan fingerprint density at radius 2 is 1.77 bits per heavy atom. The number of halogens is 2. The Labute approximate surface area is 161 Å². The highest BCUT2D eigenvalue weighted by molar-refractivity contribution is 6.36. The molecule has 2 amide bonds. The standard InChI is InChI=1S/C18H18Cl2N2O4/c1-2-25-8-9-26-14-5-3-4-12(10-14)17(23)21-22-18(24)15-7-6-13(19)11-16(15)20/h3-7,10-11H,2,8-9H2,1H3,(H,21,23)(H,22,24). The Morgan fingerprint density at radius 3 is 2.50 bits per heavy atom. The third-order valence-electron chi connectivity index (χ3n) is 3.26. The van der Waals surface area contributed by atoms with Gasteiger partial charge in [0, 0.05) is 17.2 Å². The van der Waals surface area contributed by atoms with Crippen molar-refractivity contribution >= 4 is 35.0 Å². The van der Waals surface area contributed by atoms with Crippen LogP contribution in [0, 0.1) is 0 Å². The molecule has 26 heavy (non-hydrogen) atoms. The predicted molar refractivity (Wildman–Crippen MR) is 99.8 cm³/mol. The molecule has 0 bridgehead atoms. The number of benzene rings is 2. The molecular formula is C18H18Cl2N2O4. The topological polar surface area (TPSA) is 76.7 Å². The molecular weight excluding hydrogens is 379 g/mol. The summed E-state index contributed by atoms with van der Waals surface area (Å²) in [5, 5.41) is 0.602. The lowest BCUT2D eigenvalue weighted by Gasteiger charge is -2.10. The van der Waals surface area contributed by atoms with Crippen LogP contribution in [-0.2, 0) is 4.74 Å². The lowest BCUT2D eigenvalue weighted by Crippen LogP contribution is -2.41. The summed E-state index contributed by atoms with van der Waals surface area (Å²) in [5.41, 5.74) is 5.18. The molecule has 2 rings (SSSR count). The summed E-state index contributed by atoms with van der Waals surface area (Å²) >= 11 is 11.8. The van der Waals surface area contributed by atoms with Crippen LogP contribution in [0.5, 0.6) is 5.75 Å². The van der Waals surface area contributed by atoms with Crippen LogP contribution in [-0.4, -0.2) is 31.6 Å². The Kier molecular flexibility index (Phi) is 7.72. The second-order valence-corrected chi connectivity index (χ2v) is 5.95. The first-order chi connectivity index (χ1) is 12.5. The Morgan fingerprint density at radius 1 is 1.00 bits per heavy atom. The van der Waals surface area contributed by atoms with Crippen molar-refractivity contribution in [1.29, 1.82) is 0 Å². The fourth-order valence-electron chi connectivity index (χ4n) is 2.02. The van der Waals surface area contributed by atoms with Gasteiger partial charge < -0.3 is 9.47 Å². The smallest absolute Gasteiger partial charge is 0.271 e. The molecule has 0 radical (unpaired) electrons. The van der Waals surface area contributed by atoms with Crippen LogP contribution < -0.4 is 15.6 Å². The molecule has 0 aromatic heterocycles. The highest BCUT2D eigenvalue weighted by Gasteiger charge is 2.13. The number of nitrogens with one attached hydrogen (secondary N) is 2. The van der Waals surface area contributed by atoms with Crippen LogP contribution in [0.3, 0.4) is 0 Å². The van der Waals surface area contributed by atoms with E-state index in [2.05, 4.69) is 10.9 Å². The van der Waals surface area contributed by atoms with Gasteiger partial charge in [-0.05, 0) is 43.3 Å². The van der Waals surface area contributed by atoms with Crippen LogP contribution in [0.25, 0.3) is 0 Å². The molecule has 2 N–H and O–H groups in total. The van der Waals surface area contributed by atoms with Crippen molar-refractivity contribution in [3.8, 4) is 5.75 Å². The second-order valence-electron chi connectivity index (χ2n) is 5.11. The second kappa shape index (κ2) is 10.0. The van der Waals surface area contributed by atoms with Crippen LogP contribution >= 0.6 is 23.2 Å². The maximum atomic E-state index is 12.2. The SMILES string of the molecule is CCOCCOc1cccc(C(=O)NNC(=O)c2ccc(Cl)cc2Cl)c1. The molecule has 8 heteroatoms. The van der Waals surface area contributed by atoms with Crippen LogP contribution in [0.1, 0.15) is 27.6 Å². The normalized spacial score (nSPS) is 10.3. The Balaban J connectivity index is 1.92. The summed E-state index contributed by atoms with van der Waals surface area (Å²) in [4.78, 5) is 24.3. The van der Waals surface area contributed by atoms with Crippen molar-refractivity contribution in [3.05, 3.63) is 63.6 Å². The third-order valence-corrected chi connectivity index (χ3v) is 3.81. The fourth-order valence-corrected chi connectivity index (χ4v) is 2.51. The van der Waals surface area contributed by atoms with E-state index in [1.807, 2.05) is 6.92 Å². The van der Waals surface area contributed by atoms with Gasteiger partial charge in [-0.3, -0.25) is 20.4 Å². The number of amides is 2. The van der Waals surface area contributed by atoms with E-state index < -0.39 is 11.8 Å². The van der Waals surface area contributed by atoms with Crippen LogP contribution in [0.4, 0.5) is 0 Å². The summed E-state index contributed by atoms with van der Waals surface area (Å²) in [7, 11) is 0. The van der Waals surface area contributed by atoms with E-state index in [9.17, 15) is 9.59 Å². The van der Waals surface area contributed by atoms with Gasteiger partial charge >= 0.3 is 0 Å². The maximum Gasteiger partial charge on any atom is 0.271 e. The van der Waals surface area contributed by atoms with Gasteiger partial charge in [-0.15, -0.1) is 0 Å². The first-order valence-electron chi connectivity index (χ1n) is 7.87. The van der Waals surface area contributed by atoms with E-state index in [4.69, 9.17) is 32.7 Å². The quantitative estimate of drug-likeness (QED) is 0.554. The third kappa shape index (κ3) is 5.91. The first-order valence-corrected chi connectivity index (χ1v) is 8.63. The summed E-state index contributed by atoms with van der Waals surface area (Å²) in [6, 6.07) is 11.0. The lowest BCUT2D eigenvalue weighted by atomic mass is 10.2. The summed E-state index contributed by atoms with van der Waals surface area (Å²) in [6.07, 6.45) is 0. The highest BCUT2D eigenvalue weighted by atomic mass is 35.5. The zero-order valence-electron chi connectivity index (χ0n) is 14.1. The molecule has 0 heterocycles. The number of carbonyl (C=O) groups is 2. The first kappa shape index (κ1) is 20.0. The number of carbonyl (C=O) groups excluding carboxylic acids is 2. The molecule has 0 atom stereocenters. The Bertz CT molecular complexity index is 784. The molecule has 0 saturated heterocycles. The summed E-state index contributed by atoms with van der Waals surface area (Å²) < 4.78 is 10.7. The van der Waals surface area contributed by atoms with Crippen molar-refractivity contribution in [3.63, 3.8) is 0 Å². The molecule has 0 aliphatic heterocycles. The van der Waals surface area contributed by atoms with Gasteiger partial charge in [0.1, 0.15) is 12.4 Å². The predicted octanol–water partition coefficient (Wildman–Crippen LogP) is 3.48. The van der Waals surface area contributed by atoms with E-state index in [1.165, 1.54) is 18.2 Å². The van der Waals surface area contributed by atoms with Crippen molar-refractivity contribution in [2.45, 2.75) is 6.92 Å². The van der Waals surface area contributed by atoms with Crippen molar-refractivity contribution in [1.82, 2.24) is 10.9 Å². The zero-order chi connectivity index (χ0) is 18.9. The van der Waals surface area contributed by atoms with Gasteiger partial charge in [0.15, 0.2) is 0 Å². The molecule has 0 spiro atoms. The van der Waals surface area contributed by atoms with Gasteiger partial charge in [-0.2, -0.15) is 0 Å². The number of ether oxygens (including phenoxy) is 2. The molecule has 0 aliphatic rings. The number of rotatable bonds is 7. The van der Waals surface area contributed by atoms with Crippen LogP contribution in [0.15, 0.2) is 42.5 Å². The Hall–Kier alpha value is -2.28. The monoisotopic (exact) mass is 396 g/mol. The molecule has 138 valence electrons. The highest BCUT2D eigenvalue weighted by Crippen LogP contribution is 2.20. The number of hydrogen-bond donors (Lipinski definition) is 2. The number of hydrogen-bond acceptors (Lipinski definition) is 4. The molecule has 0 fully saturated rings. The van der Waals surface area contributed by atoms with Gasteiger partial charge in [0.2, 0.25) is 0 Å². The van der Waals surface area contributed by atoms with Gasteiger partial charge in [0.05, 0.1) is 17.2 Å². The van der Waals surface area contributed by atoms with E-state index in [1.54, 1.807) is 24.3 Å².